The van der Waals surface area contributed by atoms with E-state index >= 15 is 0 Å². The number of pyridine rings is 1. The smallest absolute Gasteiger partial charge is 0.216 e. The van der Waals surface area contributed by atoms with E-state index in [-0.39, 0.29) is 28.9 Å². The van der Waals surface area contributed by atoms with Crippen molar-refractivity contribution >= 4 is 27.6 Å². The lowest BCUT2D eigenvalue weighted by Crippen LogP contribution is -2.30. The Labute approximate surface area is 182 Å². The molecular weight excluding hydrogens is 368 g/mol. The molecule has 3 aromatic carbocycles. The number of aryl methyl sites for hydroxylation is 3. The average molecular weight is 395 g/mol. The van der Waals surface area contributed by atoms with Crippen LogP contribution >= 0.6 is 0 Å². The van der Waals surface area contributed by atoms with E-state index in [0.717, 1.165) is 27.6 Å². The lowest BCUT2D eigenvalue weighted by Gasteiger charge is -2.08. The van der Waals surface area contributed by atoms with E-state index in [1.165, 1.54) is 0 Å². The van der Waals surface area contributed by atoms with Gasteiger partial charge in [-0.15, -0.1) is 0 Å². The summed E-state index contributed by atoms with van der Waals surface area (Å²) in [5.41, 5.74) is 4.85. The van der Waals surface area contributed by atoms with Crippen molar-refractivity contribution in [2.75, 3.05) is 0 Å². The maximum absolute atomic E-state index is 8.54. The summed E-state index contributed by atoms with van der Waals surface area (Å²) in [4.78, 5) is 3.69. The quantitative estimate of drug-likeness (QED) is 0.235. The number of nitrogens with zero attached hydrogens (tertiary/aromatic N) is 2. The van der Waals surface area contributed by atoms with Crippen LogP contribution in [0.2, 0.25) is 0 Å². The van der Waals surface area contributed by atoms with Gasteiger partial charge < -0.3 is 4.42 Å². The molecule has 0 amide bonds. The van der Waals surface area contributed by atoms with Crippen LogP contribution < -0.4 is 4.57 Å². The third-order valence-corrected chi connectivity index (χ3v) is 5.48. The summed E-state index contributed by atoms with van der Waals surface area (Å²) >= 11 is 0. The van der Waals surface area contributed by atoms with Gasteiger partial charge in [0, 0.05) is 28.5 Å². The summed E-state index contributed by atoms with van der Waals surface area (Å²) in [5.74, 6) is 0. The van der Waals surface area contributed by atoms with E-state index in [0.29, 0.717) is 16.7 Å². The molecule has 0 fully saturated rings. The SMILES string of the molecule is [2H]c1c([2H])c([2H])c(-c2c([N+]#[C-])c(C)cc3c2oc2c(-c4cccc[n+]4C)c(C)ccc23)c([2H])c1[2H]. The van der Waals surface area contributed by atoms with Gasteiger partial charge in [-0.05, 0) is 36.6 Å². The fourth-order valence-electron chi connectivity index (χ4n) is 4.05. The van der Waals surface area contributed by atoms with Crippen LogP contribution in [0.15, 0.2) is 77.2 Å². The normalized spacial score (nSPS) is 13.5. The van der Waals surface area contributed by atoms with Crippen LogP contribution in [0.4, 0.5) is 5.69 Å². The second-order valence-electron chi connectivity index (χ2n) is 7.34. The fraction of sp³-hybridized carbons (Fsp3) is 0.111. The highest BCUT2D eigenvalue weighted by Gasteiger charge is 2.23. The van der Waals surface area contributed by atoms with E-state index in [2.05, 4.69) is 4.85 Å². The van der Waals surface area contributed by atoms with E-state index in [9.17, 15) is 0 Å². The molecule has 2 aromatic heterocycles. The van der Waals surface area contributed by atoms with Crippen LogP contribution in [-0.4, -0.2) is 0 Å². The molecule has 0 saturated carbocycles. The predicted molar refractivity (Wildman–Crippen MR) is 122 cm³/mol. The summed E-state index contributed by atoms with van der Waals surface area (Å²) in [6.45, 7) is 11.6. The summed E-state index contributed by atoms with van der Waals surface area (Å²) in [5, 5.41) is 1.56. The fourth-order valence-corrected chi connectivity index (χ4v) is 4.05. The molecule has 5 aromatic rings. The summed E-state index contributed by atoms with van der Waals surface area (Å²) < 4.78 is 49.9. The van der Waals surface area contributed by atoms with Crippen molar-refractivity contribution in [2.24, 2.45) is 7.05 Å². The third kappa shape index (κ3) is 2.62. The zero-order valence-corrected chi connectivity index (χ0v) is 16.8. The number of benzene rings is 3. The molecule has 144 valence electrons. The Bertz CT molecular complexity index is 1720. The van der Waals surface area contributed by atoms with Gasteiger partial charge >= 0.3 is 0 Å². The Balaban J connectivity index is 2.02. The number of rotatable bonds is 2. The highest BCUT2D eigenvalue weighted by atomic mass is 16.3. The summed E-state index contributed by atoms with van der Waals surface area (Å²) in [7, 11) is 1.95. The molecule has 30 heavy (non-hydrogen) atoms. The minimum Gasteiger partial charge on any atom is -0.456 e. The molecule has 0 atom stereocenters. The van der Waals surface area contributed by atoms with Crippen molar-refractivity contribution in [2.45, 2.75) is 13.8 Å². The highest BCUT2D eigenvalue weighted by Crippen LogP contribution is 2.45. The molecule has 0 aliphatic rings. The minimum atomic E-state index is -0.476. The van der Waals surface area contributed by atoms with Crippen LogP contribution in [-0.2, 0) is 7.05 Å². The van der Waals surface area contributed by atoms with Crippen LogP contribution in [0.25, 0.3) is 49.2 Å². The molecule has 2 heterocycles. The van der Waals surface area contributed by atoms with Gasteiger partial charge in [0.1, 0.15) is 18.2 Å². The van der Waals surface area contributed by atoms with E-state index in [4.69, 9.17) is 17.8 Å². The molecule has 0 saturated heterocycles. The molecule has 3 nitrogen and oxygen atoms in total. The van der Waals surface area contributed by atoms with Crippen molar-refractivity contribution in [1.29, 1.82) is 0 Å². The van der Waals surface area contributed by atoms with E-state index in [1.54, 1.807) is 6.92 Å². The van der Waals surface area contributed by atoms with Gasteiger partial charge in [0.25, 0.3) is 0 Å². The first-order valence-corrected chi connectivity index (χ1v) is 9.56. The second-order valence-corrected chi connectivity index (χ2v) is 7.34. The second kappa shape index (κ2) is 6.86. The third-order valence-electron chi connectivity index (χ3n) is 5.48. The highest BCUT2D eigenvalue weighted by molar-refractivity contribution is 6.15. The Hall–Kier alpha value is -3.90. The van der Waals surface area contributed by atoms with Crippen LogP contribution in [0.5, 0.6) is 0 Å². The Morgan fingerprint density at radius 2 is 1.70 bits per heavy atom. The van der Waals surface area contributed by atoms with Gasteiger partial charge in [-0.2, -0.15) is 0 Å². The molecule has 0 aliphatic heterocycles. The molecule has 5 rings (SSSR count). The number of hydrogen-bond acceptors (Lipinski definition) is 1. The van der Waals surface area contributed by atoms with Crippen molar-refractivity contribution < 1.29 is 15.8 Å². The summed E-state index contributed by atoms with van der Waals surface area (Å²) in [6, 6.07) is 9.65. The number of fused-ring (bicyclic) bond motifs is 3. The molecular formula is C27H21N2O+. The lowest BCUT2D eigenvalue weighted by molar-refractivity contribution is -0.660. The first kappa shape index (κ1) is 13.3. The monoisotopic (exact) mass is 394 g/mol. The van der Waals surface area contributed by atoms with Gasteiger partial charge in [-0.3, -0.25) is 0 Å². The number of hydrogen-bond donors (Lipinski definition) is 0. The molecule has 0 aliphatic carbocycles. The summed E-state index contributed by atoms with van der Waals surface area (Å²) in [6.07, 6.45) is 1.95. The molecule has 0 unspecified atom stereocenters. The Kier molecular flexibility index (Phi) is 3.05. The van der Waals surface area contributed by atoms with Crippen molar-refractivity contribution in [3.05, 3.63) is 95.4 Å². The largest absolute Gasteiger partial charge is 0.456 e. The Morgan fingerprint density at radius 1 is 0.933 bits per heavy atom. The van der Waals surface area contributed by atoms with Gasteiger partial charge in [-0.1, -0.05) is 48.4 Å². The number of aromatic nitrogens is 1. The van der Waals surface area contributed by atoms with Crippen LogP contribution in [0, 0.1) is 20.4 Å². The van der Waals surface area contributed by atoms with Crippen LogP contribution in [0.3, 0.4) is 0 Å². The molecule has 0 N–H and O–H groups in total. The van der Waals surface area contributed by atoms with Gasteiger partial charge in [0.05, 0.1) is 19.0 Å². The van der Waals surface area contributed by atoms with Gasteiger partial charge in [0.15, 0.2) is 6.20 Å². The molecule has 3 heteroatoms. The predicted octanol–water partition coefficient (Wildman–Crippen LogP) is 6.91. The van der Waals surface area contributed by atoms with Gasteiger partial charge in [0.2, 0.25) is 11.4 Å². The first-order valence-electron chi connectivity index (χ1n) is 12.1. The zero-order chi connectivity index (χ0) is 25.2. The minimum absolute atomic E-state index is 0.0294. The lowest BCUT2D eigenvalue weighted by atomic mass is 9.96. The molecule has 0 radical (unpaired) electrons. The van der Waals surface area contributed by atoms with Crippen molar-refractivity contribution in [3.63, 3.8) is 0 Å². The first-order chi connectivity index (χ1) is 16.7. The maximum atomic E-state index is 8.54. The van der Waals surface area contributed by atoms with Crippen molar-refractivity contribution in [3.8, 4) is 22.4 Å². The maximum Gasteiger partial charge on any atom is 0.216 e. The van der Waals surface area contributed by atoms with E-state index < -0.39 is 18.1 Å². The van der Waals surface area contributed by atoms with E-state index in [1.807, 2.05) is 61.1 Å². The van der Waals surface area contributed by atoms with Gasteiger partial charge in [-0.25, -0.2) is 9.41 Å². The molecule has 0 spiro atoms. The average Bonchev–Trinajstić information content (AvgIpc) is 3.20. The number of furan rings is 1. The standard InChI is InChI=1S/C27H21N2O/c1-17-13-14-20-21-16-18(2)25(28-3)24(19-10-6-5-7-11-19)27(21)30-26(20)23(17)22-12-8-9-15-29(22)4/h5-16H,1-2,4H3/q+1/i5D,6D,7D,10D,11D. The van der Waals surface area contributed by atoms with Crippen LogP contribution in [0.1, 0.15) is 18.0 Å². The Morgan fingerprint density at radius 3 is 2.43 bits per heavy atom. The zero-order valence-electron chi connectivity index (χ0n) is 21.8. The molecule has 0 bridgehead atoms. The topological polar surface area (TPSA) is 21.4 Å². The van der Waals surface area contributed by atoms with Crippen molar-refractivity contribution in [1.82, 2.24) is 0 Å².